The second-order valence-corrected chi connectivity index (χ2v) is 14.4. The average Bonchev–Trinajstić information content (AvgIpc) is 4.02. The molecule has 0 unspecified atom stereocenters. The topological polar surface area (TPSA) is 63.2 Å². The molecule has 0 fully saturated rings. The fourth-order valence-electron chi connectivity index (χ4n) is 7.36. The Bertz CT molecular complexity index is 2160. The van der Waals surface area contributed by atoms with Gasteiger partial charge in [-0.2, -0.15) is 0 Å². The fraction of sp³-hybridized carbons (Fsp3) is 0.333. The van der Waals surface area contributed by atoms with E-state index in [2.05, 4.69) is 79.7 Å². The van der Waals surface area contributed by atoms with Crippen LogP contribution < -0.4 is 14.7 Å². The first-order valence-electron chi connectivity index (χ1n) is 20.0. The maximum Gasteiger partial charge on any atom is 2.00 e. The number of hydrogen-bond acceptors (Lipinski definition) is 3. The van der Waals surface area contributed by atoms with Crippen molar-refractivity contribution in [3.05, 3.63) is 114 Å². The summed E-state index contributed by atoms with van der Waals surface area (Å²) in [6, 6.07) is 31.1. The van der Waals surface area contributed by atoms with Gasteiger partial charge in [-0.05, 0) is 65.1 Å². The normalized spacial score (nSPS) is 11.9. The molecule has 6 heteroatoms. The number of benzene rings is 2. The quantitative estimate of drug-likeness (QED) is 0.0643. The summed E-state index contributed by atoms with van der Waals surface area (Å²) >= 11 is 0. The molecule has 2 aromatic carbocycles. The smallest absolute Gasteiger partial charge is 0.657 e. The molecular weight excluding hydrogens is 714 g/mol. The van der Waals surface area contributed by atoms with Crippen molar-refractivity contribution in [3.8, 4) is 28.0 Å². The molecule has 0 N–H and O–H groups in total. The maximum atomic E-state index is 6.17. The number of ether oxygens (including phenoxy) is 1. The summed E-state index contributed by atoms with van der Waals surface area (Å²) in [7, 11) is 0. The van der Waals surface area contributed by atoms with Crippen LogP contribution >= 0.6 is 0 Å². The zero-order chi connectivity index (χ0) is 36.1. The van der Waals surface area contributed by atoms with Crippen molar-refractivity contribution in [2.75, 3.05) is 6.61 Å². The molecule has 2 aliphatic rings. The van der Waals surface area contributed by atoms with Crippen molar-refractivity contribution in [2.24, 2.45) is 0 Å². The summed E-state index contributed by atoms with van der Waals surface area (Å²) < 4.78 is 6.17. The summed E-state index contributed by atoms with van der Waals surface area (Å²) in [5.74, 6) is 0.897. The molecule has 5 aromatic rings. The second kappa shape index (κ2) is 20.2. The Labute approximate surface area is 334 Å². The van der Waals surface area contributed by atoms with E-state index in [-0.39, 0.29) is 19.5 Å². The third-order valence-electron chi connectivity index (χ3n) is 10.2. The van der Waals surface area contributed by atoms with E-state index in [4.69, 9.17) is 24.7 Å². The number of hydrogen-bond donors (Lipinski definition) is 0. The van der Waals surface area contributed by atoms with Crippen LogP contribution in [0.25, 0.3) is 68.6 Å². The molecule has 0 spiro atoms. The summed E-state index contributed by atoms with van der Waals surface area (Å²) in [5, 5.41) is 0. The summed E-state index contributed by atoms with van der Waals surface area (Å²) in [6.45, 7) is 3.04. The number of aromatic nitrogens is 4. The zero-order valence-electron chi connectivity index (χ0n) is 32.0. The number of rotatable bonds is 18. The van der Waals surface area contributed by atoms with Crippen molar-refractivity contribution in [3.63, 3.8) is 0 Å². The van der Waals surface area contributed by atoms with Gasteiger partial charge in [0.15, 0.2) is 0 Å². The zero-order valence-corrected chi connectivity index (χ0v) is 34.9. The van der Waals surface area contributed by atoms with E-state index >= 15 is 0 Å². The standard InChI is InChI=1S/C48H52N4O.Zn/c1-2-3-4-5-6-7-8-9-10-11-12-13-14-18-33-53-42-27-21-37(22-28-42)48-45-31-25-40(51-45)34-38-23-29-43(49-38)47(36-19-16-15-17-20-36)44-30-24-39(50-44)35-41-26-32-46(48)52-41;/h15-17,19-32,34-35H,2-14,18,33H2,1H3;/q-2;+2. The summed E-state index contributed by atoms with van der Waals surface area (Å²) in [5.41, 5.74) is 11.1. The van der Waals surface area contributed by atoms with E-state index in [1.54, 1.807) is 0 Å². The van der Waals surface area contributed by atoms with E-state index < -0.39 is 0 Å². The molecule has 5 heterocycles. The molecule has 7 rings (SSSR count). The van der Waals surface area contributed by atoms with Gasteiger partial charge in [0.05, 0.1) is 29.4 Å². The van der Waals surface area contributed by atoms with Gasteiger partial charge in [-0.1, -0.05) is 169 Å². The number of unbranched alkanes of at least 4 members (excludes halogenated alkanes) is 13. The van der Waals surface area contributed by atoms with E-state index in [1.807, 2.05) is 42.5 Å². The first kappa shape index (κ1) is 39.2. The predicted molar refractivity (Wildman–Crippen MR) is 223 cm³/mol. The van der Waals surface area contributed by atoms with Gasteiger partial charge in [0.2, 0.25) is 0 Å². The van der Waals surface area contributed by atoms with Crippen LogP contribution in [0.5, 0.6) is 5.75 Å². The molecule has 0 radical (unpaired) electrons. The monoisotopic (exact) mass is 764 g/mol. The van der Waals surface area contributed by atoms with Gasteiger partial charge in [0.25, 0.3) is 0 Å². The minimum atomic E-state index is 0. The maximum absolute atomic E-state index is 6.17. The molecule has 272 valence electrons. The van der Waals surface area contributed by atoms with Gasteiger partial charge in [0.1, 0.15) is 5.75 Å². The summed E-state index contributed by atoms with van der Waals surface area (Å²) in [4.78, 5) is 20.2. The molecule has 2 aliphatic heterocycles. The Morgan fingerprint density at radius 2 is 0.944 bits per heavy atom. The van der Waals surface area contributed by atoms with E-state index in [1.165, 1.54) is 83.5 Å². The van der Waals surface area contributed by atoms with Crippen LogP contribution in [0.2, 0.25) is 0 Å². The fourth-order valence-corrected chi connectivity index (χ4v) is 7.36. The van der Waals surface area contributed by atoms with Crippen molar-refractivity contribution in [2.45, 2.75) is 96.8 Å². The Kier molecular flexibility index (Phi) is 14.7. The van der Waals surface area contributed by atoms with Gasteiger partial charge >= 0.3 is 19.5 Å². The molecule has 0 atom stereocenters. The molecule has 0 saturated carbocycles. The van der Waals surface area contributed by atoms with Crippen molar-refractivity contribution < 1.29 is 24.2 Å². The predicted octanol–water partition coefficient (Wildman–Crippen LogP) is 13.1. The minimum absolute atomic E-state index is 0. The van der Waals surface area contributed by atoms with Crippen molar-refractivity contribution in [1.29, 1.82) is 0 Å². The first-order chi connectivity index (χ1) is 26.2. The van der Waals surface area contributed by atoms with Gasteiger partial charge < -0.3 is 14.7 Å². The van der Waals surface area contributed by atoms with Crippen LogP contribution in [0.1, 0.15) is 120 Å². The van der Waals surface area contributed by atoms with E-state index in [9.17, 15) is 0 Å². The molecular formula is C48H52N4OZn. The average molecular weight is 766 g/mol. The molecule has 54 heavy (non-hydrogen) atoms. The van der Waals surface area contributed by atoms with Gasteiger partial charge in [0, 0.05) is 0 Å². The minimum Gasteiger partial charge on any atom is -0.657 e. The largest absolute Gasteiger partial charge is 2.00 e. The first-order valence-corrected chi connectivity index (χ1v) is 20.0. The van der Waals surface area contributed by atoms with Crippen LogP contribution in [0.3, 0.4) is 0 Å². The van der Waals surface area contributed by atoms with Crippen molar-refractivity contribution in [1.82, 2.24) is 19.9 Å². The number of fused-ring (bicyclic) bond motifs is 8. The van der Waals surface area contributed by atoms with Crippen LogP contribution in [0.15, 0.2) is 91.0 Å². The Morgan fingerprint density at radius 1 is 0.481 bits per heavy atom. The third kappa shape index (κ3) is 10.6. The Morgan fingerprint density at radius 3 is 1.44 bits per heavy atom. The Balaban J connectivity index is 0.00000497. The second-order valence-electron chi connectivity index (χ2n) is 14.4. The van der Waals surface area contributed by atoms with Crippen LogP contribution in [0, 0.1) is 0 Å². The molecule has 5 nitrogen and oxygen atoms in total. The van der Waals surface area contributed by atoms with E-state index in [0.717, 1.165) is 85.9 Å². The molecule has 8 bridgehead atoms. The summed E-state index contributed by atoms with van der Waals surface area (Å²) in [6.07, 6.45) is 27.2. The molecule has 3 aromatic heterocycles. The third-order valence-corrected chi connectivity index (χ3v) is 10.2. The van der Waals surface area contributed by atoms with Crippen LogP contribution in [-0.2, 0) is 19.5 Å². The van der Waals surface area contributed by atoms with Gasteiger partial charge in [-0.15, -0.1) is 22.1 Å². The number of nitrogens with zero attached hydrogens (tertiary/aromatic N) is 4. The molecule has 0 amide bonds. The van der Waals surface area contributed by atoms with Crippen molar-refractivity contribution >= 4 is 46.4 Å². The van der Waals surface area contributed by atoms with Crippen LogP contribution in [-0.4, -0.2) is 16.6 Å². The van der Waals surface area contributed by atoms with Gasteiger partial charge in [-0.25, -0.2) is 9.97 Å². The molecule has 0 aliphatic carbocycles. The van der Waals surface area contributed by atoms with Gasteiger partial charge in [-0.3, -0.25) is 0 Å². The van der Waals surface area contributed by atoms with Crippen LogP contribution in [0.4, 0.5) is 0 Å². The Hall–Kier alpha value is -4.54. The SMILES string of the molecule is CCCCCCCCCCCCCCCCOc1ccc(-c2c3nc(cc4ccc([n-]4)c(-c4ccccc4)c4nc(cc5ccc2[n-]5)C=C4)C=C3)cc1.[Zn+2]. The van der Waals surface area contributed by atoms with E-state index in [0.29, 0.717) is 0 Å². The molecule has 0 saturated heterocycles.